The maximum Gasteiger partial charge on any atom is 0.261 e. The van der Waals surface area contributed by atoms with Gasteiger partial charge in [-0.3, -0.25) is 9.20 Å². The maximum atomic E-state index is 12.3. The Balaban J connectivity index is 1.89. The van der Waals surface area contributed by atoms with Gasteiger partial charge in [-0.2, -0.15) is 0 Å². The fourth-order valence-corrected chi connectivity index (χ4v) is 2.92. The second-order valence-electron chi connectivity index (χ2n) is 4.78. The van der Waals surface area contributed by atoms with Gasteiger partial charge in [0, 0.05) is 6.20 Å². The van der Waals surface area contributed by atoms with Crippen LogP contribution in [-0.2, 0) is 0 Å². The molecule has 3 rings (SSSR count). The Labute approximate surface area is 126 Å². The van der Waals surface area contributed by atoms with E-state index in [0.29, 0.717) is 4.88 Å². The van der Waals surface area contributed by atoms with E-state index in [1.807, 2.05) is 46.3 Å². The van der Waals surface area contributed by atoms with E-state index in [1.54, 1.807) is 0 Å². The fourth-order valence-electron chi connectivity index (χ4n) is 2.29. The molecule has 5 nitrogen and oxygen atoms in total. The number of carbonyl (C=O) groups is 1. The predicted octanol–water partition coefficient (Wildman–Crippen LogP) is 3.06. The minimum atomic E-state index is -0.137. The highest BCUT2D eigenvalue weighted by Gasteiger charge is 2.20. The zero-order chi connectivity index (χ0) is 14.7. The molecule has 0 aliphatic heterocycles. The smallest absolute Gasteiger partial charge is 0.261 e. The van der Waals surface area contributed by atoms with Crippen molar-refractivity contribution in [2.45, 2.75) is 25.8 Å². The average Bonchev–Trinajstić information content (AvgIpc) is 3.16. The summed E-state index contributed by atoms with van der Waals surface area (Å²) in [6, 6.07) is 9.32. The van der Waals surface area contributed by atoms with E-state index in [1.165, 1.54) is 11.3 Å². The van der Waals surface area contributed by atoms with Crippen molar-refractivity contribution in [2.24, 2.45) is 0 Å². The van der Waals surface area contributed by atoms with E-state index < -0.39 is 0 Å². The van der Waals surface area contributed by atoms with Gasteiger partial charge in [-0.1, -0.05) is 25.5 Å². The largest absolute Gasteiger partial charge is 0.341 e. The van der Waals surface area contributed by atoms with Crippen molar-refractivity contribution < 1.29 is 4.79 Å². The molecule has 0 bridgehead atoms. The summed E-state index contributed by atoms with van der Waals surface area (Å²) < 4.78 is 1.93. The second kappa shape index (κ2) is 6.05. The van der Waals surface area contributed by atoms with Crippen LogP contribution >= 0.6 is 11.3 Å². The van der Waals surface area contributed by atoms with Crippen LogP contribution in [0.5, 0.6) is 0 Å². The Morgan fingerprint density at radius 1 is 1.33 bits per heavy atom. The third-order valence-electron chi connectivity index (χ3n) is 3.28. The number of hydrogen-bond acceptors (Lipinski definition) is 4. The highest BCUT2D eigenvalue weighted by atomic mass is 32.1. The molecular formula is C15H16N4OS. The molecule has 1 amide bonds. The summed E-state index contributed by atoms with van der Waals surface area (Å²) in [5.74, 6) is 0.716. The van der Waals surface area contributed by atoms with E-state index in [9.17, 15) is 4.79 Å². The first kappa shape index (κ1) is 13.8. The summed E-state index contributed by atoms with van der Waals surface area (Å²) in [7, 11) is 0. The minimum absolute atomic E-state index is 0.0591. The van der Waals surface area contributed by atoms with Gasteiger partial charge in [-0.05, 0) is 30.0 Å². The quantitative estimate of drug-likeness (QED) is 0.788. The molecule has 0 saturated carbocycles. The molecule has 0 aliphatic rings. The lowest BCUT2D eigenvalue weighted by Crippen LogP contribution is -2.29. The SMILES string of the molecule is CCC[C@H](NC(=O)c1cccs1)c1nnc2ccccn12. The van der Waals surface area contributed by atoms with Gasteiger partial charge >= 0.3 is 0 Å². The summed E-state index contributed by atoms with van der Waals surface area (Å²) in [6.45, 7) is 2.09. The lowest BCUT2D eigenvalue weighted by molar-refractivity contribution is 0.0936. The molecule has 0 unspecified atom stereocenters. The Morgan fingerprint density at radius 3 is 3.00 bits per heavy atom. The van der Waals surface area contributed by atoms with Crippen molar-refractivity contribution in [3.05, 3.63) is 52.6 Å². The van der Waals surface area contributed by atoms with Crippen molar-refractivity contribution in [2.75, 3.05) is 0 Å². The summed E-state index contributed by atoms with van der Waals surface area (Å²) in [6.07, 6.45) is 3.70. The van der Waals surface area contributed by atoms with Crippen LogP contribution in [-0.4, -0.2) is 20.5 Å². The fraction of sp³-hybridized carbons (Fsp3) is 0.267. The highest BCUT2D eigenvalue weighted by molar-refractivity contribution is 7.12. The molecule has 0 aliphatic carbocycles. The second-order valence-corrected chi connectivity index (χ2v) is 5.73. The topological polar surface area (TPSA) is 59.3 Å². The van der Waals surface area contributed by atoms with Crippen LogP contribution in [0, 0.1) is 0 Å². The zero-order valence-electron chi connectivity index (χ0n) is 11.7. The van der Waals surface area contributed by atoms with Crippen LogP contribution < -0.4 is 5.32 Å². The Kier molecular flexibility index (Phi) is 3.96. The molecule has 1 N–H and O–H groups in total. The molecule has 6 heteroatoms. The van der Waals surface area contributed by atoms with Crippen molar-refractivity contribution in [1.29, 1.82) is 0 Å². The number of fused-ring (bicyclic) bond motifs is 1. The number of carbonyl (C=O) groups excluding carboxylic acids is 1. The third-order valence-corrected chi connectivity index (χ3v) is 4.15. The Morgan fingerprint density at radius 2 is 2.24 bits per heavy atom. The third kappa shape index (κ3) is 2.80. The monoisotopic (exact) mass is 300 g/mol. The molecule has 0 spiro atoms. The molecule has 1 atom stereocenters. The van der Waals surface area contributed by atoms with Crippen molar-refractivity contribution in [1.82, 2.24) is 19.9 Å². The normalized spacial score (nSPS) is 12.4. The number of hydrogen-bond donors (Lipinski definition) is 1. The molecule has 0 fully saturated rings. The van der Waals surface area contributed by atoms with Gasteiger partial charge in [-0.15, -0.1) is 21.5 Å². The Hall–Kier alpha value is -2.21. The molecule has 0 aromatic carbocycles. The summed E-state index contributed by atoms with van der Waals surface area (Å²) in [4.78, 5) is 13.0. The number of nitrogens with one attached hydrogen (secondary N) is 1. The lowest BCUT2D eigenvalue weighted by Gasteiger charge is -2.16. The van der Waals surface area contributed by atoms with E-state index in [0.717, 1.165) is 24.3 Å². The first-order valence-corrected chi connectivity index (χ1v) is 7.81. The first-order valence-electron chi connectivity index (χ1n) is 6.93. The van der Waals surface area contributed by atoms with E-state index in [2.05, 4.69) is 22.4 Å². The van der Waals surface area contributed by atoms with E-state index in [-0.39, 0.29) is 11.9 Å². The van der Waals surface area contributed by atoms with Gasteiger partial charge in [0.1, 0.15) is 0 Å². The predicted molar refractivity (Wildman–Crippen MR) is 82.4 cm³/mol. The summed E-state index contributed by atoms with van der Waals surface area (Å²) >= 11 is 1.44. The molecular weight excluding hydrogens is 284 g/mol. The average molecular weight is 300 g/mol. The molecule has 3 aromatic heterocycles. The number of nitrogens with zero attached hydrogens (tertiary/aromatic N) is 3. The number of thiophene rings is 1. The van der Waals surface area contributed by atoms with Crippen LogP contribution in [0.1, 0.15) is 41.3 Å². The van der Waals surface area contributed by atoms with E-state index in [4.69, 9.17) is 0 Å². The van der Waals surface area contributed by atoms with Gasteiger partial charge in [0.15, 0.2) is 11.5 Å². The highest BCUT2D eigenvalue weighted by Crippen LogP contribution is 2.19. The molecule has 21 heavy (non-hydrogen) atoms. The summed E-state index contributed by atoms with van der Waals surface area (Å²) in [5, 5.41) is 13.4. The van der Waals surface area contributed by atoms with Gasteiger partial charge in [-0.25, -0.2) is 0 Å². The molecule has 0 saturated heterocycles. The van der Waals surface area contributed by atoms with Crippen LogP contribution in [0.15, 0.2) is 41.9 Å². The van der Waals surface area contributed by atoms with Gasteiger partial charge in [0.2, 0.25) is 0 Å². The first-order chi connectivity index (χ1) is 10.3. The van der Waals surface area contributed by atoms with Gasteiger partial charge in [0.05, 0.1) is 10.9 Å². The van der Waals surface area contributed by atoms with Crippen molar-refractivity contribution in [3.8, 4) is 0 Å². The summed E-state index contributed by atoms with van der Waals surface area (Å²) in [5.41, 5.74) is 0.791. The van der Waals surface area contributed by atoms with Crippen LogP contribution in [0.4, 0.5) is 0 Å². The zero-order valence-corrected chi connectivity index (χ0v) is 12.5. The van der Waals surface area contributed by atoms with Crippen LogP contribution in [0.3, 0.4) is 0 Å². The molecule has 3 heterocycles. The molecule has 0 radical (unpaired) electrons. The lowest BCUT2D eigenvalue weighted by atomic mass is 10.1. The standard InChI is InChI=1S/C15H16N4OS/c1-2-6-11(16-15(20)12-7-5-10-21-12)14-18-17-13-8-3-4-9-19(13)14/h3-5,7-11H,2,6H2,1H3,(H,16,20)/t11-/m0/s1. The molecule has 108 valence electrons. The van der Waals surface area contributed by atoms with Crippen molar-refractivity contribution in [3.63, 3.8) is 0 Å². The van der Waals surface area contributed by atoms with Crippen molar-refractivity contribution >= 4 is 22.9 Å². The van der Waals surface area contributed by atoms with E-state index >= 15 is 0 Å². The van der Waals surface area contributed by atoms with Gasteiger partial charge < -0.3 is 5.32 Å². The number of pyridine rings is 1. The van der Waals surface area contributed by atoms with Gasteiger partial charge in [0.25, 0.3) is 5.91 Å². The number of aromatic nitrogens is 3. The molecule has 3 aromatic rings. The Bertz CT molecular complexity index is 735. The maximum absolute atomic E-state index is 12.3. The van der Waals surface area contributed by atoms with Crippen LogP contribution in [0.2, 0.25) is 0 Å². The number of rotatable bonds is 5. The minimum Gasteiger partial charge on any atom is -0.341 e. The number of amides is 1. The van der Waals surface area contributed by atoms with Crippen LogP contribution in [0.25, 0.3) is 5.65 Å².